The maximum Gasteiger partial charge on any atom is 0.136 e. The van der Waals surface area contributed by atoms with Crippen molar-refractivity contribution in [2.75, 3.05) is 0 Å². The third-order valence-corrected chi connectivity index (χ3v) is 5.51. The van der Waals surface area contributed by atoms with Gasteiger partial charge in [-0.05, 0) is 12.8 Å². The Kier molecular flexibility index (Phi) is 3.55. The Labute approximate surface area is 131 Å². The van der Waals surface area contributed by atoms with Crippen LogP contribution < -0.4 is 5.32 Å². The van der Waals surface area contributed by atoms with Crippen molar-refractivity contribution in [2.45, 2.75) is 25.4 Å². The summed E-state index contributed by atoms with van der Waals surface area (Å²) in [6.07, 6.45) is 4.51. The fourth-order valence-electron chi connectivity index (χ4n) is 2.24. The molecule has 21 heavy (non-hydrogen) atoms. The van der Waals surface area contributed by atoms with E-state index in [1.807, 2.05) is 17.8 Å². The molecular formula is C16H15N3S2. The van der Waals surface area contributed by atoms with Crippen LogP contribution >= 0.6 is 22.7 Å². The highest BCUT2D eigenvalue weighted by Gasteiger charge is 2.22. The Balaban J connectivity index is 1.71. The van der Waals surface area contributed by atoms with Crippen LogP contribution in [0.4, 0.5) is 0 Å². The molecule has 0 aliphatic heterocycles. The van der Waals surface area contributed by atoms with Gasteiger partial charge < -0.3 is 5.32 Å². The largest absolute Gasteiger partial charge is 0.309 e. The lowest BCUT2D eigenvalue weighted by Crippen LogP contribution is -2.14. The molecule has 1 aromatic carbocycles. The van der Waals surface area contributed by atoms with Crippen molar-refractivity contribution in [1.29, 1.82) is 0 Å². The Morgan fingerprint density at radius 3 is 2.76 bits per heavy atom. The lowest BCUT2D eigenvalue weighted by Gasteiger charge is -2.03. The van der Waals surface area contributed by atoms with Crippen LogP contribution in [0.15, 0.2) is 42.0 Å². The molecule has 3 nitrogen and oxygen atoms in total. The Bertz CT molecular complexity index is 715. The minimum absolute atomic E-state index is 0.711. The van der Waals surface area contributed by atoms with E-state index in [2.05, 4.69) is 34.6 Å². The summed E-state index contributed by atoms with van der Waals surface area (Å²) in [5.74, 6) is 0. The van der Waals surface area contributed by atoms with Crippen LogP contribution in [0.5, 0.6) is 0 Å². The number of thiazole rings is 2. The van der Waals surface area contributed by atoms with Crippen molar-refractivity contribution in [2.24, 2.45) is 0 Å². The molecule has 1 fully saturated rings. The van der Waals surface area contributed by atoms with Crippen LogP contribution in [0.1, 0.15) is 17.7 Å². The number of nitrogens with zero attached hydrogens (tertiary/aromatic N) is 2. The van der Waals surface area contributed by atoms with E-state index in [0.717, 1.165) is 22.1 Å². The second-order valence-corrected chi connectivity index (χ2v) is 7.15. The predicted molar refractivity (Wildman–Crippen MR) is 88.5 cm³/mol. The van der Waals surface area contributed by atoms with Crippen molar-refractivity contribution in [3.8, 4) is 21.1 Å². The van der Waals surface area contributed by atoms with Crippen molar-refractivity contribution >= 4 is 22.7 Å². The van der Waals surface area contributed by atoms with Gasteiger partial charge >= 0.3 is 0 Å². The van der Waals surface area contributed by atoms with Gasteiger partial charge in [-0.1, -0.05) is 30.3 Å². The van der Waals surface area contributed by atoms with Crippen molar-refractivity contribution < 1.29 is 0 Å². The molecule has 1 N–H and O–H groups in total. The molecule has 2 heterocycles. The highest BCUT2D eigenvalue weighted by Crippen LogP contribution is 2.35. The number of hydrogen-bond acceptors (Lipinski definition) is 5. The molecule has 0 saturated heterocycles. The summed E-state index contributed by atoms with van der Waals surface area (Å²) in [7, 11) is 0. The fraction of sp³-hybridized carbons (Fsp3) is 0.250. The molecular weight excluding hydrogens is 298 g/mol. The SMILES string of the molecule is c1ccc(-c2nc(-c3cncs3)sc2CNC2CC2)cc1. The average Bonchev–Trinajstić information content (AvgIpc) is 3.03. The predicted octanol–water partition coefficient (Wildman–Crippen LogP) is 4.19. The van der Waals surface area contributed by atoms with Crippen LogP contribution in [0.25, 0.3) is 21.1 Å². The lowest BCUT2D eigenvalue weighted by atomic mass is 10.1. The first-order valence-corrected chi connectivity index (χ1v) is 8.77. The summed E-state index contributed by atoms with van der Waals surface area (Å²) in [4.78, 5) is 11.5. The van der Waals surface area contributed by atoms with Crippen molar-refractivity contribution in [3.63, 3.8) is 0 Å². The molecule has 1 saturated carbocycles. The second kappa shape index (κ2) is 5.67. The molecule has 0 amide bonds. The van der Waals surface area contributed by atoms with Gasteiger partial charge in [0.1, 0.15) is 5.01 Å². The van der Waals surface area contributed by atoms with E-state index < -0.39 is 0 Å². The van der Waals surface area contributed by atoms with Crippen LogP contribution in [-0.4, -0.2) is 16.0 Å². The monoisotopic (exact) mass is 313 g/mol. The maximum atomic E-state index is 4.87. The molecule has 3 aromatic rings. The highest BCUT2D eigenvalue weighted by atomic mass is 32.1. The van der Waals surface area contributed by atoms with Gasteiger partial charge in [-0.25, -0.2) is 4.98 Å². The third-order valence-electron chi connectivity index (χ3n) is 3.52. The van der Waals surface area contributed by atoms with E-state index in [0.29, 0.717) is 6.04 Å². The zero-order valence-electron chi connectivity index (χ0n) is 11.5. The zero-order valence-corrected chi connectivity index (χ0v) is 13.1. The third kappa shape index (κ3) is 2.90. The molecule has 2 aromatic heterocycles. The first-order valence-electron chi connectivity index (χ1n) is 7.07. The number of nitrogens with one attached hydrogen (secondary N) is 1. The molecule has 0 unspecified atom stereocenters. The number of benzene rings is 1. The standard InChI is InChI=1S/C16H15N3S2/c1-2-4-11(5-3-1)15-13(9-18-12-6-7-12)21-16(19-15)14-8-17-10-20-14/h1-5,8,10,12,18H,6-7,9H2. The van der Waals surface area contributed by atoms with E-state index in [1.165, 1.54) is 23.3 Å². The van der Waals surface area contributed by atoms with E-state index in [9.17, 15) is 0 Å². The molecule has 106 valence electrons. The molecule has 4 rings (SSSR count). The minimum Gasteiger partial charge on any atom is -0.309 e. The summed E-state index contributed by atoms with van der Waals surface area (Å²) in [5, 5.41) is 4.67. The minimum atomic E-state index is 0.711. The van der Waals surface area contributed by atoms with E-state index in [-0.39, 0.29) is 0 Å². The Hall–Kier alpha value is -1.56. The van der Waals surface area contributed by atoms with Gasteiger partial charge in [0, 0.05) is 29.2 Å². The highest BCUT2D eigenvalue weighted by molar-refractivity contribution is 7.21. The maximum absolute atomic E-state index is 4.87. The van der Waals surface area contributed by atoms with Gasteiger partial charge in [0.15, 0.2) is 0 Å². The van der Waals surface area contributed by atoms with Crippen molar-refractivity contribution in [1.82, 2.24) is 15.3 Å². The van der Waals surface area contributed by atoms with E-state index in [4.69, 9.17) is 4.98 Å². The average molecular weight is 313 g/mol. The Morgan fingerprint density at radius 1 is 1.19 bits per heavy atom. The zero-order chi connectivity index (χ0) is 14.1. The lowest BCUT2D eigenvalue weighted by molar-refractivity contribution is 0.695. The van der Waals surface area contributed by atoms with Crippen LogP contribution in [-0.2, 0) is 6.54 Å². The number of hydrogen-bond donors (Lipinski definition) is 1. The molecule has 0 spiro atoms. The van der Waals surface area contributed by atoms with E-state index >= 15 is 0 Å². The van der Waals surface area contributed by atoms with Gasteiger partial charge in [-0.15, -0.1) is 22.7 Å². The van der Waals surface area contributed by atoms with Gasteiger partial charge in [-0.3, -0.25) is 4.98 Å². The molecule has 0 radical (unpaired) electrons. The molecule has 0 atom stereocenters. The summed E-state index contributed by atoms with van der Waals surface area (Å²) >= 11 is 3.43. The second-order valence-electron chi connectivity index (χ2n) is 5.18. The van der Waals surface area contributed by atoms with Gasteiger partial charge in [-0.2, -0.15) is 0 Å². The van der Waals surface area contributed by atoms with Gasteiger partial charge in [0.05, 0.1) is 16.1 Å². The quantitative estimate of drug-likeness (QED) is 0.767. The van der Waals surface area contributed by atoms with Crippen molar-refractivity contribution in [3.05, 3.63) is 46.9 Å². The molecule has 1 aliphatic rings. The first-order chi connectivity index (χ1) is 10.4. The normalized spacial score (nSPS) is 14.5. The molecule has 5 heteroatoms. The van der Waals surface area contributed by atoms with Gasteiger partial charge in [0.25, 0.3) is 0 Å². The smallest absolute Gasteiger partial charge is 0.136 e. The van der Waals surface area contributed by atoms with Gasteiger partial charge in [0.2, 0.25) is 0 Å². The summed E-state index contributed by atoms with van der Waals surface area (Å²) in [6.45, 7) is 0.908. The Morgan fingerprint density at radius 2 is 2.05 bits per heavy atom. The summed E-state index contributed by atoms with van der Waals surface area (Å²) in [5.41, 5.74) is 4.16. The van der Waals surface area contributed by atoms with Crippen LogP contribution in [0, 0.1) is 0 Å². The summed E-state index contributed by atoms with van der Waals surface area (Å²) < 4.78 is 0. The first kappa shape index (κ1) is 13.1. The van der Waals surface area contributed by atoms with Crippen LogP contribution in [0.3, 0.4) is 0 Å². The number of rotatable bonds is 5. The summed E-state index contributed by atoms with van der Waals surface area (Å²) in [6, 6.07) is 11.2. The topological polar surface area (TPSA) is 37.8 Å². The fourth-order valence-corrected chi connectivity index (χ4v) is 3.96. The number of aromatic nitrogens is 2. The van der Waals surface area contributed by atoms with Crippen LogP contribution in [0.2, 0.25) is 0 Å². The molecule has 0 bridgehead atoms. The van der Waals surface area contributed by atoms with E-state index in [1.54, 1.807) is 22.7 Å². The molecule has 1 aliphatic carbocycles.